The summed E-state index contributed by atoms with van der Waals surface area (Å²) in [5, 5.41) is 23.2. The fourth-order valence-corrected chi connectivity index (χ4v) is 2.94. The van der Waals surface area contributed by atoms with Crippen LogP contribution >= 0.6 is 11.8 Å². The number of aliphatic imine (C=N–C) groups is 1. The molecule has 6 nitrogen and oxygen atoms in total. The van der Waals surface area contributed by atoms with Crippen LogP contribution < -0.4 is 5.32 Å². The first-order valence-corrected chi connectivity index (χ1v) is 5.84. The highest BCUT2D eigenvalue weighted by Gasteiger charge is 2.50. The topological polar surface area (TPSA) is 91.2 Å². The highest BCUT2D eigenvalue weighted by molar-refractivity contribution is 8.14. The van der Waals surface area contributed by atoms with Gasteiger partial charge in [0.2, 0.25) is 0 Å². The lowest BCUT2D eigenvalue weighted by Gasteiger charge is -2.37. The molecule has 0 aromatic rings. The van der Waals surface area contributed by atoms with Gasteiger partial charge in [-0.05, 0) is 6.92 Å². The van der Waals surface area contributed by atoms with E-state index in [2.05, 4.69) is 10.3 Å². The number of hydrogen-bond acceptors (Lipinski definition) is 6. The van der Waals surface area contributed by atoms with E-state index in [4.69, 9.17) is 4.74 Å². The van der Waals surface area contributed by atoms with E-state index in [1.54, 1.807) is 7.05 Å². The highest BCUT2D eigenvalue weighted by Crippen LogP contribution is 2.33. The molecule has 0 saturated carbocycles. The minimum atomic E-state index is -1.19. The van der Waals surface area contributed by atoms with E-state index >= 15 is 0 Å². The van der Waals surface area contributed by atoms with Crippen molar-refractivity contribution < 1.29 is 19.7 Å². The van der Waals surface area contributed by atoms with Gasteiger partial charge in [0.05, 0.1) is 6.04 Å². The Morgan fingerprint density at radius 1 is 1.50 bits per heavy atom. The number of hydrogen-bond donors (Lipinski definition) is 3. The Labute approximate surface area is 97.1 Å². The summed E-state index contributed by atoms with van der Waals surface area (Å²) in [6.45, 7) is 1.34. The third kappa shape index (κ3) is 1.84. The minimum Gasteiger partial charge on any atom is -0.388 e. The van der Waals surface area contributed by atoms with Gasteiger partial charge in [0.15, 0.2) is 11.0 Å². The summed E-state index contributed by atoms with van der Waals surface area (Å²) in [7, 11) is 1.62. The van der Waals surface area contributed by atoms with Crippen molar-refractivity contribution in [3.63, 3.8) is 0 Å². The van der Waals surface area contributed by atoms with Crippen molar-refractivity contribution in [2.24, 2.45) is 4.99 Å². The lowest BCUT2D eigenvalue weighted by molar-refractivity contribution is -0.169. The van der Waals surface area contributed by atoms with Crippen molar-refractivity contribution in [1.82, 2.24) is 5.32 Å². The van der Waals surface area contributed by atoms with Gasteiger partial charge in [0.25, 0.3) is 0 Å². The number of nitrogens with one attached hydrogen (secondary N) is 1. The van der Waals surface area contributed by atoms with Gasteiger partial charge in [-0.2, -0.15) is 0 Å². The molecule has 16 heavy (non-hydrogen) atoms. The normalized spacial score (nSPS) is 45.2. The van der Waals surface area contributed by atoms with Crippen LogP contribution in [0.1, 0.15) is 6.92 Å². The molecule has 2 saturated heterocycles. The van der Waals surface area contributed by atoms with Crippen molar-refractivity contribution in [3.05, 3.63) is 0 Å². The molecular weight excluding hydrogens is 232 g/mol. The molecule has 90 valence electrons. The fourth-order valence-electron chi connectivity index (χ4n) is 1.86. The molecule has 0 aliphatic carbocycles. The van der Waals surface area contributed by atoms with Crippen molar-refractivity contribution >= 4 is 22.7 Å². The van der Waals surface area contributed by atoms with E-state index < -0.39 is 24.4 Å². The van der Waals surface area contributed by atoms with Gasteiger partial charge in [-0.25, -0.2) is 0 Å². The molecule has 0 radical (unpaired) electrons. The van der Waals surface area contributed by atoms with Crippen LogP contribution in [-0.4, -0.2) is 58.0 Å². The van der Waals surface area contributed by atoms with Crippen LogP contribution in [0.5, 0.6) is 0 Å². The van der Waals surface area contributed by atoms with Crippen molar-refractivity contribution in [2.45, 2.75) is 36.7 Å². The number of fused-ring (bicyclic) bond motifs is 1. The molecule has 2 aliphatic rings. The summed E-state index contributed by atoms with van der Waals surface area (Å²) in [6.07, 6.45) is -3.18. The molecule has 3 N–H and O–H groups in total. The number of ether oxygens (including phenoxy) is 1. The molecule has 0 unspecified atom stereocenters. The smallest absolute Gasteiger partial charge is 0.161 e. The Morgan fingerprint density at radius 2 is 2.19 bits per heavy atom. The average molecular weight is 246 g/mol. The van der Waals surface area contributed by atoms with E-state index in [9.17, 15) is 15.0 Å². The molecule has 0 aromatic heterocycles. The maximum absolute atomic E-state index is 11.2. The summed E-state index contributed by atoms with van der Waals surface area (Å²) < 4.78 is 5.45. The Morgan fingerprint density at radius 3 is 2.75 bits per heavy atom. The maximum Gasteiger partial charge on any atom is 0.161 e. The summed E-state index contributed by atoms with van der Waals surface area (Å²) in [5.74, 6) is -0.285. The van der Waals surface area contributed by atoms with E-state index in [1.807, 2.05) is 0 Å². The number of carbonyl (C=O) groups excluding carboxylic acids is 1. The number of rotatable bonds is 1. The number of aliphatic hydroxyl groups is 2. The molecule has 7 heteroatoms. The quantitative estimate of drug-likeness (QED) is 0.533. The Bertz CT molecular complexity index is 335. The number of nitrogens with zero attached hydrogens (tertiary/aromatic N) is 1. The number of amidine groups is 1. The lowest BCUT2D eigenvalue weighted by atomic mass is 9.96. The number of carbonyl (C=O) groups is 1. The number of aliphatic hydroxyl groups excluding tert-OH is 2. The number of Topliss-reactive ketones (excluding diaryl/α,β-unsaturated/α-hetero) is 1. The second-order valence-corrected chi connectivity index (χ2v) is 4.92. The van der Waals surface area contributed by atoms with Crippen molar-refractivity contribution in [2.75, 3.05) is 7.05 Å². The van der Waals surface area contributed by atoms with Gasteiger partial charge in [-0.15, -0.1) is 0 Å². The summed E-state index contributed by atoms with van der Waals surface area (Å²) in [6, 6.07) is -0.422. The minimum absolute atomic E-state index is 0.285. The van der Waals surface area contributed by atoms with Crippen LogP contribution in [-0.2, 0) is 9.53 Å². The number of ketones is 1. The van der Waals surface area contributed by atoms with Crippen LogP contribution in [0.2, 0.25) is 0 Å². The Hall–Kier alpha value is -0.630. The van der Waals surface area contributed by atoms with Gasteiger partial charge in [0, 0.05) is 7.05 Å². The van der Waals surface area contributed by atoms with Crippen LogP contribution in [0.15, 0.2) is 4.99 Å². The summed E-state index contributed by atoms with van der Waals surface area (Å²) >= 11 is 1.31. The zero-order chi connectivity index (χ0) is 11.9. The van der Waals surface area contributed by atoms with E-state index in [0.29, 0.717) is 5.17 Å². The molecule has 2 rings (SSSR count). The SMILES string of the molecule is CN=C1N[C@@H]2[C@@H](O)[C@H](O)[C@H](C(C)=O)O[C@@H]2S1. The predicted molar refractivity (Wildman–Crippen MR) is 59.2 cm³/mol. The highest BCUT2D eigenvalue weighted by atomic mass is 32.2. The third-order valence-electron chi connectivity index (χ3n) is 2.72. The predicted octanol–water partition coefficient (Wildman–Crippen LogP) is -1.29. The number of thioether (sulfide) groups is 1. The van der Waals surface area contributed by atoms with E-state index in [1.165, 1.54) is 18.7 Å². The van der Waals surface area contributed by atoms with Gasteiger partial charge in [-0.1, -0.05) is 11.8 Å². The molecule has 0 aromatic carbocycles. The van der Waals surface area contributed by atoms with Crippen molar-refractivity contribution in [1.29, 1.82) is 0 Å². The second-order valence-electron chi connectivity index (χ2n) is 3.83. The first-order chi connectivity index (χ1) is 7.54. The molecular formula is C9H14N2O4S. The zero-order valence-electron chi connectivity index (χ0n) is 8.95. The van der Waals surface area contributed by atoms with Gasteiger partial charge in [-0.3, -0.25) is 9.79 Å². The standard InChI is InChI=1S/C9H14N2O4S/c1-3(12)7-6(14)5(13)4-8(15-7)16-9(10-2)11-4/h4-8,13-14H,1-2H3,(H,10,11)/t4-,5-,6+,7+,8-/m1/s1. The molecule has 5 atom stereocenters. The second kappa shape index (κ2) is 4.33. The van der Waals surface area contributed by atoms with Crippen LogP contribution in [0, 0.1) is 0 Å². The first kappa shape index (κ1) is 11.8. The Balaban J connectivity index is 2.18. The lowest BCUT2D eigenvalue weighted by Crippen LogP contribution is -2.60. The van der Waals surface area contributed by atoms with E-state index in [-0.39, 0.29) is 11.2 Å². The van der Waals surface area contributed by atoms with E-state index in [0.717, 1.165) is 0 Å². The monoisotopic (exact) mass is 246 g/mol. The summed E-state index contributed by atoms with van der Waals surface area (Å²) in [5.41, 5.74) is -0.383. The molecule has 0 amide bonds. The van der Waals surface area contributed by atoms with Crippen LogP contribution in [0.3, 0.4) is 0 Å². The van der Waals surface area contributed by atoms with Crippen molar-refractivity contribution in [3.8, 4) is 0 Å². The summed E-state index contributed by atoms with van der Waals surface area (Å²) in [4.78, 5) is 15.2. The molecule has 0 spiro atoms. The third-order valence-corrected chi connectivity index (χ3v) is 3.88. The molecule has 2 heterocycles. The Kier molecular flexibility index (Phi) is 3.20. The molecule has 2 fully saturated rings. The van der Waals surface area contributed by atoms with Crippen LogP contribution in [0.25, 0.3) is 0 Å². The fraction of sp³-hybridized carbons (Fsp3) is 0.778. The van der Waals surface area contributed by atoms with Crippen LogP contribution in [0.4, 0.5) is 0 Å². The van der Waals surface area contributed by atoms with Gasteiger partial charge < -0.3 is 20.3 Å². The average Bonchev–Trinajstić information content (AvgIpc) is 2.66. The maximum atomic E-state index is 11.2. The van der Waals surface area contributed by atoms with Gasteiger partial charge >= 0.3 is 0 Å². The largest absolute Gasteiger partial charge is 0.388 e. The molecule has 2 aliphatic heterocycles. The van der Waals surface area contributed by atoms with Gasteiger partial charge in [0.1, 0.15) is 23.7 Å². The molecule has 0 bridgehead atoms. The zero-order valence-corrected chi connectivity index (χ0v) is 9.77. The first-order valence-electron chi connectivity index (χ1n) is 4.96.